The third kappa shape index (κ3) is 9.34. The van der Waals surface area contributed by atoms with Crippen LogP contribution in [0.5, 0.6) is 0 Å². The first-order valence-corrected chi connectivity index (χ1v) is 18.9. The highest BCUT2D eigenvalue weighted by Gasteiger charge is 2.59. The van der Waals surface area contributed by atoms with Gasteiger partial charge in [0.15, 0.2) is 24.5 Å². The molecule has 0 bridgehead atoms. The molecule has 2 saturated carbocycles. The van der Waals surface area contributed by atoms with E-state index in [0.29, 0.717) is 39.0 Å². The molecule has 3 saturated heterocycles. The molecule has 1 amide bonds. The fourth-order valence-electron chi connectivity index (χ4n) is 7.82. The number of aliphatic hydroxyl groups is 7. The maximum atomic E-state index is 13.0. The summed E-state index contributed by atoms with van der Waals surface area (Å²) >= 11 is 0. The molecular formula is C33H60N8O14. The van der Waals surface area contributed by atoms with Crippen LogP contribution < -0.4 is 44.6 Å². The zero-order chi connectivity index (χ0) is 39.8. The van der Waals surface area contributed by atoms with Crippen molar-refractivity contribution in [1.29, 1.82) is 0 Å². The second-order valence-electron chi connectivity index (χ2n) is 15.7. The van der Waals surface area contributed by atoms with Crippen LogP contribution in [0.2, 0.25) is 0 Å². The third-order valence-electron chi connectivity index (χ3n) is 11.5. The number of amides is 1. The van der Waals surface area contributed by atoms with E-state index in [-0.39, 0.29) is 19.4 Å². The monoisotopic (exact) mass is 792 g/mol. The van der Waals surface area contributed by atoms with Crippen molar-refractivity contribution in [2.45, 2.75) is 147 Å². The highest BCUT2D eigenvalue weighted by atomic mass is 16.8. The van der Waals surface area contributed by atoms with E-state index >= 15 is 0 Å². The number of carbonyl (C=O) groups excluding carboxylic acids is 1. The number of piperidine rings is 1. The molecule has 4 heterocycles. The predicted molar refractivity (Wildman–Crippen MR) is 188 cm³/mol. The van der Waals surface area contributed by atoms with Gasteiger partial charge in [-0.1, -0.05) is 12.2 Å². The summed E-state index contributed by atoms with van der Waals surface area (Å²) in [6.07, 6.45) is -12.4. The highest BCUT2D eigenvalue weighted by molar-refractivity contribution is 5.89. The van der Waals surface area contributed by atoms with Crippen molar-refractivity contribution in [3.63, 3.8) is 0 Å². The first-order valence-electron chi connectivity index (χ1n) is 18.9. The van der Waals surface area contributed by atoms with Crippen molar-refractivity contribution in [2.24, 2.45) is 28.7 Å². The fourth-order valence-corrected chi connectivity index (χ4v) is 7.82. The van der Waals surface area contributed by atoms with Gasteiger partial charge in [0.1, 0.15) is 54.9 Å². The molecule has 4 aliphatic heterocycles. The second-order valence-corrected chi connectivity index (χ2v) is 15.7. The van der Waals surface area contributed by atoms with Crippen LogP contribution in [0.15, 0.2) is 12.2 Å². The molecule has 6 aliphatic rings. The van der Waals surface area contributed by atoms with E-state index in [2.05, 4.69) is 16.0 Å². The Hall–Kier alpha value is -1.59. The molecule has 6 rings (SSSR count). The minimum Gasteiger partial charge on any atom is -0.394 e. The zero-order valence-electron chi connectivity index (χ0n) is 30.5. The van der Waals surface area contributed by atoms with Gasteiger partial charge in [-0.05, 0) is 32.4 Å². The molecule has 316 valence electrons. The van der Waals surface area contributed by atoms with Gasteiger partial charge in [0.2, 0.25) is 0 Å². The van der Waals surface area contributed by atoms with Crippen molar-refractivity contribution in [1.82, 2.24) is 16.0 Å². The lowest BCUT2D eigenvalue weighted by atomic mass is 9.83. The van der Waals surface area contributed by atoms with Gasteiger partial charge in [-0.15, -0.1) is 0 Å². The Kier molecular flexibility index (Phi) is 13.9. The van der Waals surface area contributed by atoms with E-state index in [1.165, 1.54) is 0 Å². The van der Waals surface area contributed by atoms with Crippen LogP contribution in [0, 0.1) is 0 Å². The summed E-state index contributed by atoms with van der Waals surface area (Å²) in [7, 11) is 0. The smallest absolute Gasteiger partial charge is 0.253 e. The minimum atomic E-state index is -1.81. The quantitative estimate of drug-likeness (QED) is 0.0726. The average Bonchev–Trinajstić information content (AvgIpc) is 3.68. The fraction of sp³-hybridized carbons (Fsp3) is 0.909. The van der Waals surface area contributed by atoms with Gasteiger partial charge in [0.05, 0.1) is 36.4 Å². The highest BCUT2D eigenvalue weighted by Crippen LogP contribution is 2.37. The number of carbonyl (C=O) groups is 1. The lowest BCUT2D eigenvalue weighted by Crippen LogP contribution is -2.67. The molecular weight excluding hydrogens is 732 g/mol. The average molecular weight is 793 g/mol. The topological polar surface area (TPSA) is 380 Å². The molecule has 0 spiro atoms. The van der Waals surface area contributed by atoms with Gasteiger partial charge in [0.25, 0.3) is 5.91 Å². The molecule has 5 fully saturated rings. The Morgan fingerprint density at radius 2 is 1.49 bits per heavy atom. The van der Waals surface area contributed by atoms with Gasteiger partial charge in [-0.3, -0.25) is 4.79 Å². The Labute approximate surface area is 317 Å². The van der Waals surface area contributed by atoms with Crippen molar-refractivity contribution in [2.75, 3.05) is 39.3 Å². The molecule has 19 atom stereocenters. The number of hydrogen-bond acceptors (Lipinski definition) is 21. The summed E-state index contributed by atoms with van der Waals surface area (Å²) in [5.41, 5.74) is 27.9. The van der Waals surface area contributed by atoms with Gasteiger partial charge >= 0.3 is 0 Å². The van der Waals surface area contributed by atoms with Crippen LogP contribution in [0.3, 0.4) is 0 Å². The van der Waals surface area contributed by atoms with Gasteiger partial charge in [-0.2, -0.15) is 0 Å². The predicted octanol–water partition coefficient (Wildman–Crippen LogP) is -8.70. The summed E-state index contributed by atoms with van der Waals surface area (Å²) in [5.74, 6) is -0.806. The molecule has 20 N–H and O–H groups in total. The molecule has 55 heavy (non-hydrogen) atoms. The summed E-state index contributed by atoms with van der Waals surface area (Å²) in [5, 5.41) is 84.6. The van der Waals surface area contributed by atoms with Crippen molar-refractivity contribution < 1.29 is 69.0 Å². The normalized spacial score (nSPS) is 48.4. The van der Waals surface area contributed by atoms with Gasteiger partial charge in [-0.25, -0.2) is 0 Å². The number of hydrogen-bond donors (Lipinski definition) is 15. The lowest BCUT2D eigenvalue weighted by molar-refractivity contribution is -0.284. The van der Waals surface area contributed by atoms with Crippen LogP contribution in [0.4, 0.5) is 0 Å². The molecule has 0 aromatic carbocycles. The second kappa shape index (κ2) is 17.7. The molecule has 22 heteroatoms. The molecule has 0 aromatic rings. The summed E-state index contributed by atoms with van der Waals surface area (Å²) < 4.78 is 36.1. The summed E-state index contributed by atoms with van der Waals surface area (Å²) in [6.45, 7) is 1.22. The van der Waals surface area contributed by atoms with E-state index in [1.54, 1.807) is 12.2 Å². The van der Waals surface area contributed by atoms with Crippen molar-refractivity contribution >= 4 is 5.91 Å². The number of rotatable bonds is 14. The number of nitrogens with one attached hydrogen (secondary N) is 3. The molecule has 22 nitrogen and oxygen atoms in total. The lowest BCUT2D eigenvalue weighted by Gasteiger charge is -2.46. The molecule has 0 radical (unpaired) electrons. The van der Waals surface area contributed by atoms with E-state index in [4.69, 9.17) is 57.1 Å². The summed E-state index contributed by atoms with van der Waals surface area (Å²) in [4.78, 5) is 13.0. The van der Waals surface area contributed by atoms with E-state index in [9.17, 15) is 40.5 Å². The number of nitrogens with two attached hydrogens (primary N) is 5. The van der Waals surface area contributed by atoms with Gasteiger partial charge in [0, 0.05) is 38.1 Å². The van der Waals surface area contributed by atoms with Crippen LogP contribution >= 0.6 is 0 Å². The Bertz CT molecular complexity index is 1320. The standard InChI is InChI=1S/C33H60N8O14/c34-9-17-22(44)23(45)20(38)29(51-17)54-26-18(11-42)52-30(24(26)46)55-27-21(43)16(41-31(47)33(49)8-19(33)37)7-15(36)25(27)53-28-14(35)2-1-13(50-28)10-40-12-32(48)3-5-39-6-4-32/h1-2,13-30,39-40,42-46,48-49H,3-12,34-38H2,(H,41,47)/t13-,14+,15-,16+,17-,18+,19?,20+,21-,22+,23+,24+,25+,26+,27+,28+,29+,30-,33?/m0/s1. The Balaban J connectivity index is 1.16. The summed E-state index contributed by atoms with van der Waals surface area (Å²) in [6, 6.07) is -4.89. The van der Waals surface area contributed by atoms with Gasteiger partial charge < -0.3 is 109 Å². The molecule has 0 aromatic heterocycles. The van der Waals surface area contributed by atoms with Crippen molar-refractivity contribution in [3.8, 4) is 0 Å². The maximum absolute atomic E-state index is 13.0. The maximum Gasteiger partial charge on any atom is 0.253 e. The third-order valence-corrected chi connectivity index (χ3v) is 11.5. The molecule has 2 aliphatic carbocycles. The molecule has 2 unspecified atom stereocenters. The SMILES string of the molecule is NC[C@@H]1O[C@H](O[C@H]2[C@@H](O)[C@H](O[C@@H]3[C@@H](O)[C@H](NC(=O)C4(O)CC4N)C[C@H](N)[C@H]3O[C@H]3O[C@H](CNCC4(O)CCNCC4)C=C[C@H]3N)O[C@@H]2CO)[C@H](N)[C@@H](O)[C@@H]1O. The van der Waals surface area contributed by atoms with E-state index in [0.717, 1.165) is 0 Å². The Morgan fingerprint density at radius 3 is 2.15 bits per heavy atom. The van der Waals surface area contributed by atoms with Crippen molar-refractivity contribution in [3.05, 3.63) is 12.2 Å². The largest absolute Gasteiger partial charge is 0.394 e. The first-order chi connectivity index (χ1) is 26.1. The van der Waals surface area contributed by atoms with Crippen LogP contribution in [-0.2, 0) is 33.2 Å². The first kappa shape index (κ1) is 43.0. The number of aliphatic hydroxyl groups excluding tert-OH is 5. The minimum absolute atomic E-state index is 0.0265. The number of ether oxygens (including phenoxy) is 6. The van der Waals surface area contributed by atoms with E-state index in [1.807, 2.05) is 0 Å². The van der Waals surface area contributed by atoms with E-state index < -0.39 is 134 Å². The Morgan fingerprint density at radius 1 is 0.836 bits per heavy atom. The van der Waals surface area contributed by atoms with Crippen LogP contribution in [0.1, 0.15) is 25.7 Å². The van der Waals surface area contributed by atoms with Crippen LogP contribution in [-0.4, -0.2) is 202 Å². The van der Waals surface area contributed by atoms with Crippen LogP contribution in [0.25, 0.3) is 0 Å². The zero-order valence-corrected chi connectivity index (χ0v) is 30.5.